The Labute approximate surface area is 182 Å². The van der Waals surface area contributed by atoms with E-state index < -0.39 is 17.8 Å². The Hall–Kier alpha value is -3.14. The molecule has 0 unspecified atom stereocenters. The van der Waals surface area contributed by atoms with Crippen molar-refractivity contribution in [3.8, 4) is 5.75 Å². The number of hydrogen-bond acceptors (Lipinski definition) is 5. The maximum Gasteiger partial charge on any atom is 0.433 e. The van der Waals surface area contributed by atoms with Crippen LogP contribution in [0.25, 0.3) is 10.9 Å². The number of nitrogens with one attached hydrogen (secondary N) is 1. The molecule has 0 bridgehead atoms. The first-order valence-corrected chi connectivity index (χ1v) is 10.3. The molecule has 0 radical (unpaired) electrons. The number of amides is 1. The van der Waals surface area contributed by atoms with E-state index in [0.29, 0.717) is 42.6 Å². The molecule has 1 saturated carbocycles. The van der Waals surface area contributed by atoms with E-state index >= 15 is 0 Å². The highest BCUT2D eigenvalue weighted by molar-refractivity contribution is 6.05. The SMILES string of the molecule is COCCCn1cc2cc(NC(=O)c3cccc(C(F)(F)F)n3)c(OCC3CC3)cc2n1. The number of benzene rings is 1. The Bertz CT molecular complexity index is 1110. The second kappa shape index (κ2) is 9.15. The van der Waals surface area contributed by atoms with Gasteiger partial charge in [-0.3, -0.25) is 9.48 Å². The smallest absolute Gasteiger partial charge is 0.433 e. The minimum Gasteiger partial charge on any atom is -0.491 e. The van der Waals surface area contributed by atoms with E-state index in [1.165, 1.54) is 6.07 Å². The molecule has 0 saturated heterocycles. The quantitative estimate of drug-likeness (QED) is 0.487. The summed E-state index contributed by atoms with van der Waals surface area (Å²) in [6.45, 7) is 1.78. The number of aryl methyl sites for hydroxylation is 1. The summed E-state index contributed by atoms with van der Waals surface area (Å²) in [5, 5.41) is 7.96. The summed E-state index contributed by atoms with van der Waals surface area (Å²) in [5.41, 5.74) is -0.395. The molecule has 1 amide bonds. The van der Waals surface area contributed by atoms with Gasteiger partial charge in [0.1, 0.15) is 17.1 Å². The van der Waals surface area contributed by atoms with Gasteiger partial charge in [0, 0.05) is 37.9 Å². The third-order valence-corrected chi connectivity index (χ3v) is 5.08. The van der Waals surface area contributed by atoms with E-state index in [-0.39, 0.29) is 5.69 Å². The molecule has 2 aromatic heterocycles. The Morgan fingerprint density at radius 2 is 2.09 bits per heavy atom. The Balaban J connectivity index is 1.60. The van der Waals surface area contributed by atoms with Gasteiger partial charge < -0.3 is 14.8 Å². The highest BCUT2D eigenvalue weighted by Gasteiger charge is 2.33. The van der Waals surface area contributed by atoms with Crippen LogP contribution in [-0.4, -0.2) is 41.0 Å². The fourth-order valence-corrected chi connectivity index (χ4v) is 3.20. The number of ether oxygens (including phenoxy) is 2. The second-order valence-corrected chi connectivity index (χ2v) is 7.76. The molecule has 1 aromatic carbocycles. The number of fused-ring (bicyclic) bond motifs is 1. The van der Waals surface area contributed by atoms with E-state index in [4.69, 9.17) is 9.47 Å². The molecule has 10 heteroatoms. The number of carbonyl (C=O) groups excluding carboxylic acids is 1. The molecule has 0 spiro atoms. The van der Waals surface area contributed by atoms with Crippen molar-refractivity contribution in [3.63, 3.8) is 0 Å². The van der Waals surface area contributed by atoms with Gasteiger partial charge in [0.2, 0.25) is 0 Å². The molecule has 0 aliphatic heterocycles. The lowest BCUT2D eigenvalue weighted by Crippen LogP contribution is -2.17. The van der Waals surface area contributed by atoms with Gasteiger partial charge in [-0.2, -0.15) is 18.3 Å². The van der Waals surface area contributed by atoms with Crippen molar-refractivity contribution < 1.29 is 27.4 Å². The van der Waals surface area contributed by atoms with E-state index in [9.17, 15) is 18.0 Å². The molecule has 1 aliphatic carbocycles. The molecular weight excluding hydrogens is 425 g/mol. The first kappa shape index (κ1) is 22.1. The van der Waals surface area contributed by atoms with Crippen molar-refractivity contribution in [3.05, 3.63) is 47.9 Å². The summed E-state index contributed by atoms with van der Waals surface area (Å²) in [5.74, 6) is 0.150. The van der Waals surface area contributed by atoms with Gasteiger partial charge in [-0.25, -0.2) is 4.98 Å². The third-order valence-electron chi connectivity index (χ3n) is 5.08. The molecule has 32 heavy (non-hydrogen) atoms. The summed E-state index contributed by atoms with van der Waals surface area (Å²) in [4.78, 5) is 16.1. The van der Waals surface area contributed by atoms with Gasteiger partial charge in [0.25, 0.3) is 5.91 Å². The number of nitrogens with zero attached hydrogens (tertiary/aromatic N) is 3. The maximum atomic E-state index is 13.0. The van der Waals surface area contributed by atoms with Crippen molar-refractivity contribution >= 4 is 22.5 Å². The standard InChI is InChI=1S/C22H23F3N4O3/c1-31-9-3-8-29-12-15-10-18(19(11-17(15)28-29)32-13-14-6-7-14)27-21(30)16-4-2-5-20(26-16)22(23,24)25/h2,4-5,10-12,14H,3,6-9,13H2,1H3,(H,27,30). The number of aromatic nitrogens is 3. The lowest BCUT2D eigenvalue weighted by molar-refractivity contribution is -0.141. The fraction of sp³-hybridized carbons (Fsp3) is 0.409. The number of carbonyl (C=O) groups is 1. The lowest BCUT2D eigenvalue weighted by Gasteiger charge is -2.13. The Morgan fingerprint density at radius 1 is 1.28 bits per heavy atom. The van der Waals surface area contributed by atoms with Gasteiger partial charge in [-0.15, -0.1) is 0 Å². The van der Waals surface area contributed by atoms with Crippen molar-refractivity contribution in [2.45, 2.75) is 32.0 Å². The summed E-state index contributed by atoms with van der Waals surface area (Å²) >= 11 is 0. The minimum atomic E-state index is -4.63. The van der Waals surface area contributed by atoms with Crippen LogP contribution < -0.4 is 10.1 Å². The van der Waals surface area contributed by atoms with Gasteiger partial charge in [-0.05, 0) is 43.4 Å². The summed E-state index contributed by atoms with van der Waals surface area (Å²) in [6, 6.07) is 6.66. The number of alkyl halides is 3. The van der Waals surface area contributed by atoms with Crippen LogP contribution in [0, 0.1) is 5.92 Å². The van der Waals surface area contributed by atoms with Crippen LogP contribution in [0.4, 0.5) is 18.9 Å². The van der Waals surface area contributed by atoms with Gasteiger partial charge in [0.15, 0.2) is 0 Å². The average Bonchev–Trinajstić information content (AvgIpc) is 3.50. The normalized spacial score (nSPS) is 14.0. The van der Waals surface area contributed by atoms with Crippen LogP contribution in [0.3, 0.4) is 0 Å². The van der Waals surface area contributed by atoms with Crippen molar-refractivity contribution in [1.82, 2.24) is 14.8 Å². The summed E-state index contributed by atoms with van der Waals surface area (Å²) in [6.07, 6.45) is 0.178. The largest absolute Gasteiger partial charge is 0.491 e. The van der Waals surface area contributed by atoms with Crippen LogP contribution in [-0.2, 0) is 17.5 Å². The number of methoxy groups -OCH3 is 1. The maximum absolute atomic E-state index is 13.0. The topological polar surface area (TPSA) is 78.3 Å². The molecular formula is C22H23F3N4O3. The Kier molecular flexibility index (Phi) is 6.31. The molecule has 170 valence electrons. The first-order valence-electron chi connectivity index (χ1n) is 10.3. The molecule has 7 nitrogen and oxygen atoms in total. The highest BCUT2D eigenvalue weighted by Crippen LogP contribution is 2.34. The predicted molar refractivity (Wildman–Crippen MR) is 112 cm³/mol. The monoisotopic (exact) mass is 448 g/mol. The van der Waals surface area contributed by atoms with E-state index in [0.717, 1.165) is 36.8 Å². The zero-order valence-electron chi connectivity index (χ0n) is 17.5. The minimum absolute atomic E-state index is 0.330. The van der Waals surface area contributed by atoms with E-state index in [1.807, 2.05) is 6.20 Å². The van der Waals surface area contributed by atoms with Gasteiger partial charge >= 0.3 is 6.18 Å². The highest BCUT2D eigenvalue weighted by atomic mass is 19.4. The molecule has 1 fully saturated rings. The molecule has 4 rings (SSSR count). The van der Waals surface area contributed by atoms with Crippen molar-refractivity contribution in [2.24, 2.45) is 5.92 Å². The first-order chi connectivity index (χ1) is 15.3. The lowest BCUT2D eigenvalue weighted by atomic mass is 10.2. The van der Waals surface area contributed by atoms with E-state index in [2.05, 4.69) is 15.4 Å². The molecule has 1 aliphatic rings. The van der Waals surface area contributed by atoms with Gasteiger partial charge in [0.05, 0.1) is 17.8 Å². The Morgan fingerprint density at radius 3 is 2.81 bits per heavy atom. The number of hydrogen-bond donors (Lipinski definition) is 1. The van der Waals surface area contributed by atoms with Crippen LogP contribution in [0.1, 0.15) is 35.4 Å². The summed E-state index contributed by atoms with van der Waals surface area (Å²) in [7, 11) is 1.64. The third kappa shape index (κ3) is 5.37. The van der Waals surface area contributed by atoms with Crippen LogP contribution in [0.15, 0.2) is 36.5 Å². The number of pyridine rings is 1. The van der Waals surface area contributed by atoms with Crippen molar-refractivity contribution in [1.29, 1.82) is 0 Å². The average molecular weight is 448 g/mol. The van der Waals surface area contributed by atoms with E-state index in [1.54, 1.807) is 23.9 Å². The van der Waals surface area contributed by atoms with Gasteiger partial charge in [-0.1, -0.05) is 6.07 Å². The number of anilines is 1. The van der Waals surface area contributed by atoms with Crippen LogP contribution in [0.5, 0.6) is 5.75 Å². The summed E-state index contributed by atoms with van der Waals surface area (Å²) < 4.78 is 51.6. The molecule has 1 N–H and O–H groups in total. The molecule has 2 heterocycles. The fourth-order valence-electron chi connectivity index (χ4n) is 3.20. The van der Waals surface area contributed by atoms with Crippen LogP contribution in [0.2, 0.25) is 0 Å². The zero-order valence-corrected chi connectivity index (χ0v) is 17.5. The number of halogens is 3. The number of rotatable bonds is 9. The molecule has 3 aromatic rings. The van der Waals surface area contributed by atoms with Crippen LogP contribution >= 0.6 is 0 Å². The molecule has 0 atom stereocenters. The second-order valence-electron chi connectivity index (χ2n) is 7.76. The zero-order chi connectivity index (χ0) is 22.7. The van der Waals surface area contributed by atoms with Crippen molar-refractivity contribution in [2.75, 3.05) is 25.6 Å². The predicted octanol–water partition coefficient (Wildman–Crippen LogP) is 4.53.